The van der Waals surface area contributed by atoms with E-state index in [1.165, 1.54) is 18.5 Å². The van der Waals surface area contributed by atoms with Gasteiger partial charge in [-0.2, -0.15) is 5.10 Å². The first kappa shape index (κ1) is 25.6. The van der Waals surface area contributed by atoms with E-state index >= 15 is 4.39 Å². The molecule has 1 aliphatic heterocycles. The molecule has 0 unspecified atom stereocenters. The van der Waals surface area contributed by atoms with Crippen LogP contribution < -0.4 is 10.2 Å². The number of nitrogens with zero attached hydrogens (tertiary/aromatic N) is 6. The molecule has 10 nitrogen and oxygen atoms in total. The number of aromatic nitrogens is 5. The van der Waals surface area contributed by atoms with E-state index in [2.05, 4.69) is 30.5 Å². The van der Waals surface area contributed by atoms with Gasteiger partial charge in [-0.3, -0.25) is 4.79 Å². The Morgan fingerprint density at radius 1 is 1.18 bits per heavy atom. The number of hydrogen-bond acceptors (Lipinski definition) is 8. The maximum atomic E-state index is 15.6. The van der Waals surface area contributed by atoms with Crippen LogP contribution in [0.25, 0.3) is 16.8 Å². The fourth-order valence-electron chi connectivity index (χ4n) is 4.19. The van der Waals surface area contributed by atoms with Crippen LogP contribution in [0.4, 0.5) is 18.9 Å². The summed E-state index contributed by atoms with van der Waals surface area (Å²) in [7, 11) is 0. The lowest BCUT2D eigenvalue weighted by atomic mass is 9.97. The van der Waals surface area contributed by atoms with Crippen molar-refractivity contribution in [3.8, 4) is 11.3 Å². The first-order valence-electron chi connectivity index (χ1n) is 12.0. The molecule has 1 fully saturated rings. The average Bonchev–Trinajstić information content (AvgIpc) is 3.55. The van der Waals surface area contributed by atoms with Gasteiger partial charge in [0.2, 0.25) is 5.89 Å². The topological polar surface area (TPSA) is 111 Å². The normalized spacial score (nSPS) is 14.4. The van der Waals surface area contributed by atoms with Crippen molar-refractivity contribution >= 4 is 17.1 Å². The molecule has 1 aliphatic rings. The first-order chi connectivity index (χ1) is 18.1. The number of carbonyl (C=O) groups is 1. The summed E-state index contributed by atoms with van der Waals surface area (Å²) < 4.78 is 56.1. The number of nitrogens with one attached hydrogen (secondary N) is 1. The van der Waals surface area contributed by atoms with E-state index in [0.29, 0.717) is 31.8 Å². The summed E-state index contributed by atoms with van der Waals surface area (Å²) in [6.07, 6.45) is -0.104. The summed E-state index contributed by atoms with van der Waals surface area (Å²) in [5, 5.41) is 14.2. The second kappa shape index (κ2) is 10.0. The zero-order chi connectivity index (χ0) is 27.0. The van der Waals surface area contributed by atoms with Crippen molar-refractivity contribution in [1.29, 1.82) is 0 Å². The number of morpholine rings is 1. The molecular formula is C25H26F3N7O3. The van der Waals surface area contributed by atoms with Crippen molar-refractivity contribution in [2.75, 3.05) is 31.2 Å². The lowest BCUT2D eigenvalue weighted by Gasteiger charge is -2.27. The van der Waals surface area contributed by atoms with Crippen molar-refractivity contribution < 1.29 is 27.1 Å². The monoisotopic (exact) mass is 529 g/mol. The molecule has 0 atom stereocenters. The number of rotatable bonds is 6. The summed E-state index contributed by atoms with van der Waals surface area (Å²) in [5.41, 5.74) is 0.0267. The van der Waals surface area contributed by atoms with Crippen molar-refractivity contribution in [2.24, 2.45) is 0 Å². The summed E-state index contributed by atoms with van der Waals surface area (Å²) in [6, 6.07) is 4.52. The SMILES string of the molecule is CC(C)(C)c1nnc(C(=O)NCc2ccc(-c3ncnn4cc(N5CCOCC5)cc34)c(F)c2C(F)F)o1. The number of hydrogen-bond donors (Lipinski definition) is 1. The number of benzene rings is 1. The number of ether oxygens (including phenoxy) is 1. The fourth-order valence-corrected chi connectivity index (χ4v) is 4.19. The molecule has 0 saturated carbocycles. The van der Waals surface area contributed by atoms with Crippen molar-refractivity contribution in [1.82, 2.24) is 30.1 Å². The molecule has 1 aromatic carbocycles. The second-order valence-corrected chi connectivity index (χ2v) is 9.88. The van der Waals surface area contributed by atoms with Crippen LogP contribution in [0.15, 0.2) is 35.1 Å². The van der Waals surface area contributed by atoms with E-state index in [-0.39, 0.29) is 35.1 Å². The van der Waals surface area contributed by atoms with Crippen LogP contribution in [0.3, 0.4) is 0 Å². The summed E-state index contributed by atoms with van der Waals surface area (Å²) >= 11 is 0. The smallest absolute Gasteiger partial charge is 0.309 e. The van der Waals surface area contributed by atoms with E-state index in [0.717, 1.165) is 5.69 Å². The van der Waals surface area contributed by atoms with Gasteiger partial charge in [0, 0.05) is 30.6 Å². The molecule has 0 aliphatic carbocycles. The third kappa shape index (κ3) is 4.93. The lowest BCUT2D eigenvalue weighted by molar-refractivity contribution is 0.0910. The maximum absolute atomic E-state index is 15.6. The van der Waals surface area contributed by atoms with Crippen LogP contribution in [-0.4, -0.2) is 57.0 Å². The number of alkyl halides is 2. The second-order valence-electron chi connectivity index (χ2n) is 9.88. The lowest BCUT2D eigenvalue weighted by Crippen LogP contribution is -2.35. The molecule has 5 rings (SSSR count). The number of carbonyl (C=O) groups excluding carboxylic acids is 1. The van der Waals surface area contributed by atoms with Crippen molar-refractivity contribution in [2.45, 2.75) is 39.2 Å². The highest BCUT2D eigenvalue weighted by molar-refractivity contribution is 5.89. The van der Waals surface area contributed by atoms with Gasteiger partial charge in [-0.05, 0) is 17.7 Å². The molecule has 38 heavy (non-hydrogen) atoms. The minimum Gasteiger partial charge on any atom is -0.416 e. The van der Waals surface area contributed by atoms with E-state index in [1.54, 1.807) is 16.8 Å². The van der Waals surface area contributed by atoms with Crippen LogP contribution in [0.5, 0.6) is 0 Å². The zero-order valence-electron chi connectivity index (χ0n) is 21.0. The Balaban J connectivity index is 1.43. The highest BCUT2D eigenvalue weighted by Crippen LogP contribution is 2.35. The Morgan fingerprint density at radius 3 is 2.63 bits per heavy atom. The van der Waals surface area contributed by atoms with Gasteiger partial charge < -0.3 is 19.4 Å². The van der Waals surface area contributed by atoms with Gasteiger partial charge in [-0.25, -0.2) is 22.7 Å². The molecule has 0 bridgehead atoms. The molecule has 200 valence electrons. The predicted octanol–water partition coefficient (Wildman–Crippen LogP) is 3.92. The third-order valence-electron chi connectivity index (χ3n) is 6.21. The van der Waals surface area contributed by atoms with Gasteiger partial charge in [0.1, 0.15) is 17.8 Å². The average molecular weight is 530 g/mol. The summed E-state index contributed by atoms with van der Waals surface area (Å²) in [4.78, 5) is 18.8. The van der Waals surface area contributed by atoms with Crippen LogP contribution >= 0.6 is 0 Å². The number of amides is 1. The van der Waals surface area contributed by atoms with Crippen LogP contribution in [0, 0.1) is 5.82 Å². The van der Waals surface area contributed by atoms with Gasteiger partial charge in [0.05, 0.1) is 36.2 Å². The number of fused-ring (bicyclic) bond motifs is 1. The molecule has 0 radical (unpaired) electrons. The van der Waals surface area contributed by atoms with E-state index in [9.17, 15) is 13.6 Å². The maximum Gasteiger partial charge on any atom is 0.309 e. The molecule has 1 N–H and O–H groups in total. The van der Waals surface area contributed by atoms with Crippen LogP contribution in [0.1, 0.15) is 54.9 Å². The molecule has 1 saturated heterocycles. The number of anilines is 1. The molecule has 0 spiro atoms. The Bertz CT molecular complexity index is 1470. The predicted molar refractivity (Wildman–Crippen MR) is 131 cm³/mol. The molecular weight excluding hydrogens is 503 g/mol. The Hall–Kier alpha value is -4.00. The zero-order valence-corrected chi connectivity index (χ0v) is 21.0. The van der Waals surface area contributed by atoms with Crippen LogP contribution in [0.2, 0.25) is 0 Å². The van der Waals surface area contributed by atoms with Gasteiger partial charge in [0.25, 0.3) is 6.43 Å². The van der Waals surface area contributed by atoms with Gasteiger partial charge >= 0.3 is 11.8 Å². The minimum absolute atomic E-state index is 0.0837. The molecule has 4 aromatic rings. The van der Waals surface area contributed by atoms with Crippen LogP contribution in [-0.2, 0) is 16.7 Å². The first-order valence-corrected chi connectivity index (χ1v) is 12.0. The standard InChI is InChI=1S/C25H26F3N7O3/c1-25(2,3)24-33-32-23(38-24)22(36)29-11-14-4-5-16(19(26)18(14)21(27)28)20-17-10-15(12-35(17)31-13-30-20)34-6-8-37-9-7-34/h4-5,10,12-13,21H,6-9,11H2,1-3H3,(H,29,36). The highest BCUT2D eigenvalue weighted by Gasteiger charge is 2.27. The third-order valence-corrected chi connectivity index (χ3v) is 6.21. The fraction of sp³-hybridized carbons (Fsp3) is 0.400. The minimum atomic E-state index is -3.13. The van der Waals surface area contributed by atoms with Crippen molar-refractivity contribution in [3.63, 3.8) is 0 Å². The molecule has 3 aromatic heterocycles. The van der Waals surface area contributed by atoms with Gasteiger partial charge in [-0.15, -0.1) is 10.2 Å². The Morgan fingerprint density at radius 2 is 1.95 bits per heavy atom. The summed E-state index contributed by atoms with van der Waals surface area (Å²) in [5.74, 6) is -1.92. The quantitative estimate of drug-likeness (QED) is 0.400. The van der Waals surface area contributed by atoms with Gasteiger partial charge in [-0.1, -0.05) is 26.8 Å². The van der Waals surface area contributed by atoms with E-state index in [4.69, 9.17) is 9.15 Å². The molecule has 13 heteroatoms. The molecule has 1 amide bonds. The van der Waals surface area contributed by atoms with Crippen molar-refractivity contribution in [3.05, 3.63) is 59.4 Å². The largest absolute Gasteiger partial charge is 0.416 e. The summed E-state index contributed by atoms with van der Waals surface area (Å²) in [6.45, 7) is 7.68. The number of halogens is 3. The van der Waals surface area contributed by atoms with Gasteiger partial charge in [0.15, 0.2) is 0 Å². The Labute approximate surface area is 215 Å². The highest BCUT2D eigenvalue weighted by atomic mass is 19.3. The molecule has 4 heterocycles. The van der Waals surface area contributed by atoms with E-state index in [1.807, 2.05) is 20.8 Å². The Kier molecular flexibility index (Phi) is 6.78. The van der Waals surface area contributed by atoms with E-state index < -0.39 is 29.1 Å².